The van der Waals surface area contributed by atoms with Crippen molar-refractivity contribution in [2.75, 3.05) is 32.7 Å². The number of hydrogen-bond donors (Lipinski definition) is 1. The van der Waals surface area contributed by atoms with Crippen molar-refractivity contribution in [3.63, 3.8) is 0 Å². The molecular weight excluding hydrogens is 268 g/mol. The van der Waals surface area contributed by atoms with E-state index >= 15 is 0 Å². The maximum Gasteiger partial charge on any atom is 0.257 e. The number of nitrogens with two attached hydrogens (primary N) is 1. The minimum Gasteiger partial charge on any atom is -0.336 e. The normalized spacial score (nSPS) is 18.1. The van der Waals surface area contributed by atoms with Crippen molar-refractivity contribution in [2.45, 2.75) is 13.0 Å². The van der Waals surface area contributed by atoms with Gasteiger partial charge in [-0.2, -0.15) is 5.10 Å². The van der Waals surface area contributed by atoms with Gasteiger partial charge in [0.15, 0.2) is 0 Å². The van der Waals surface area contributed by atoms with E-state index in [1.807, 2.05) is 4.90 Å². The number of carbonyl (C=O) groups excluding carboxylic acids is 1. The number of aromatic nitrogens is 3. The molecule has 7 heteroatoms. The van der Waals surface area contributed by atoms with Crippen LogP contribution in [-0.2, 0) is 0 Å². The van der Waals surface area contributed by atoms with E-state index in [0.29, 0.717) is 18.2 Å². The van der Waals surface area contributed by atoms with E-state index in [2.05, 4.69) is 21.9 Å². The van der Waals surface area contributed by atoms with E-state index in [1.54, 1.807) is 29.3 Å². The van der Waals surface area contributed by atoms with Gasteiger partial charge in [0.2, 0.25) is 0 Å². The van der Waals surface area contributed by atoms with Crippen LogP contribution in [0.1, 0.15) is 17.3 Å². The molecule has 1 unspecified atom stereocenters. The van der Waals surface area contributed by atoms with Gasteiger partial charge < -0.3 is 10.6 Å². The Kier molecular flexibility index (Phi) is 3.85. The van der Waals surface area contributed by atoms with Gasteiger partial charge in [0.05, 0.1) is 23.5 Å². The average molecular weight is 288 g/mol. The summed E-state index contributed by atoms with van der Waals surface area (Å²) in [6.07, 6.45) is 6.69. The van der Waals surface area contributed by atoms with Crippen molar-refractivity contribution in [1.82, 2.24) is 24.4 Å². The summed E-state index contributed by atoms with van der Waals surface area (Å²) in [5, 5.41) is 4.19. The number of amides is 1. The second-order valence-corrected chi connectivity index (χ2v) is 5.38. The lowest BCUT2D eigenvalue weighted by molar-refractivity contribution is 0.0591. The molecular formula is C14H20N6O. The Bertz CT molecular complexity index is 631. The minimum absolute atomic E-state index is 0.0260. The van der Waals surface area contributed by atoms with Crippen molar-refractivity contribution < 1.29 is 4.79 Å². The molecule has 2 aromatic rings. The fourth-order valence-corrected chi connectivity index (χ4v) is 2.68. The number of hydrogen-bond acceptors (Lipinski definition) is 5. The lowest BCUT2D eigenvalue weighted by Gasteiger charge is -2.37. The first-order valence-corrected chi connectivity index (χ1v) is 7.21. The van der Waals surface area contributed by atoms with Crippen molar-refractivity contribution in [2.24, 2.45) is 5.73 Å². The standard InChI is InChI=1S/C14H20N6O/c1-11(8-15)18-4-6-19(7-5-18)14(21)12-9-17-20-3-2-16-10-13(12)20/h2-3,9-11H,4-8,15H2,1H3. The molecule has 112 valence electrons. The molecule has 1 aliphatic heterocycles. The van der Waals surface area contributed by atoms with Crippen molar-refractivity contribution in [1.29, 1.82) is 0 Å². The zero-order valence-corrected chi connectivity index (χ0v) is 12.1. The fraction of sp³-hybridized carbons (Fsp3) is 0.500. The number of fused-ring (bicyclic) bond motifs is 1. The third kappa shape index (κ3) is 2.62. The zero-order valence-electron chi connectivity index (χ0n) is 12.1. The van der Waals surface area contributed by atoms with E-state index in [4.69, 9.17) is 5.73 Å². The van der Waals surface area contributed by atoms with Crippen LogP contribution >= 0.6 is 0 Å². The highest BCUT2D eigenvalue weighted by molar-refractivity contribution is 6.00. The first kappa shape index (κ1) is 14.0. The van der Waals surface area contributed by atoms with Gasteiger partial charge in [0.25, 0.3) is 5.91 Å². The van der Waals surface area contributed by atoms with Gasteiger partial charge in [-0.25, -0.2) is 4.52 Å². The van der Waals surface area contributed by atoms with Gasteiger partial charge in [-0.15, -0.1) is 0 Å². The van der Waals surface area contributed by atoms with E-state index in [0.717, 1.165) is 31.7 Å². The quantitative estimate of drug-likeness (QED) is 0.848. The maximum atomic E-state index is 12.6. The number of rotatable bonds is 3. The van der Waals surface area contributed by atoms with Gasteiger partial charge in [0, 0.05) is 51.2 Å². The van der Waals surface area contributed by atoms with Gasteiger partial charge in [-0.3, -0.25) is 14.7 Å². The topological polar surface area (TPSA) is 79.8 Å². The lowest BCUT2D eigenvalue weighted by Crippen LogP contribution is -2.52. The Balaban J connectivity index is 1.72. The van der Waals surface area contributed by atoms with E-state index in [-0.39, 0.29) is 5.91 Å². The molecule has 1 aliphatic rings. The molecule has 3 rings (SSSR count). The Morgan fingerprint density at radius 3 is 2.81 bits per heavy atom. The van der Waals surface area contributed by atoms with Crippen LogP contribution in [0.5, 0.6) is 0 Å². The van der Waals surface area contributed by atoms with Crippen molar-refractivity contribution >= 4 is 11.4 Å². The molecule has 2 aromatic heterocycles. The molecule has 1 amide bonds. The van der Waals surface area contributed by atoms with Crippen molar-refractivity contribution in [3.8, 4) is 0 Å². The molecule has 0 saturated carbocycles. The SMILES string of the molecule is CC(CN)N1CCN(C(=O)c2cnn3ccncc23)CC1. The third-order valence-corrected chi connectivity index (χ3v) is 4.12. The first-order chi connectivity index (χ1) is 10.2. The molecule has 0 radical (unpaired) electrons. The van der Waals surface area contributed by atoms with Crippen LogP contribution in [0.2, 0.25) is 0 Å². The highest BCUT2D eigenvalue weighted by atomic mass is 16.2. The molecule has 21 heavy (non-hydrogen) atoms. The predicted octanol–water partition coefficient (Wildman–Crippen LogP) is -0.166. The van der Waals surface area contributed by atoms with Gasteiger partial charge >= 0.3 is 0 Å². The van der Waals surface area contributed by atoms with Crippen LogP contribution in [0.3, 0.4) is 0 Å². The van der Waals surface area contributed by atoms with Gasteiger partial charge in [0.1, 0.15) is 0 Å². The Morgan fingerprint density at radius 2 is 2.10 bits per heavy atom. The molecule has 0 aromatic carbocycles. The van der Waals surface area contributed by atoms with Crippen LogP contribution in [0.15, 0.2) is 24.8 Å². The summed E-state index contributed by atoms with van der Waals surface area (Å²) in [4.78, 5) is 20.9. The van der Waals surface area contributed by atoms with Crippen LogP contribution in [0.4, 0.5) is 0 Å². The molecule has 3 heterocycles. The minimum atomic E-state index is 0.0260. The fourth-order valence-electron chi connectivity index (χ4n) is 2.68. The largest absolute Gasteiger partial charge is 0.336 e. The van der Waals surface area contributed by atoms with E-state index < -0.39 is 0 Å². The summed E-state index contributed by atoms with van der Waals surface area (Å²) < 4.78 is 1.67. The summed E-state index contributed by atoms with van der Waals surface area (Å²) in [5.74, 6) is 0.0260. The summed E-state index contributed by atoms with van der Waals surface area (Å²) in [5.41, 5.74) is 7.06. The molecule has 1 saturated heterocycles. The average Bonchev–Trinajstić information content (AvgIpc) is 2.97. The van der Waals surface area contributed by atoms with Crippen LogP contribution < -0.4 is 5.73 Å². The second kappa shape index (κ2) is 5.79. The highest BCUT2D eigenvalue weighted by Crippen LogP contribution is 2.14. The number of nitrogens with zero attached hydrogens (tertiary/aromatic N) is 5. The summed E-state index contributed by atoms with van der Waals surface area (Å²) in [6, 6.07) is 0.364. The van der Waals surface area contributed by atoms with Crippen LogP contribution in [0, 0.1) is 0 Å². The molecule has 0 spiro atoms. The summed E-state index contributed by atoms with van der Waals surface area (Å²) >= 11 is 0. The summed E-state index contributed by atoms with van der Waals surface area (Å²) in [6.45, 7) is 5.94. The predicted molar refractivity (Wildman–Crippen MR) is 79.0 cm³/mol. The molecule has 1 fully saturated rings. The number of piperazine rings is 1. The second-order valence-electron chi connectivity index (χ2n) is 5.38. The monoisotopic (exact) mass is 288 g/mol. The van der Waals surface area contributed by atoms with Crippen LogP contribution in [0.25, 0.3) is 5.52 Å². The van der Waals surface area contributed by atoms with E-state index in [9.17, 15) is 4.79 Å². The Hall–Kier alpha value is -1.99. The van der Waals surface area contributed by atoms with Crippen molar-refractivity contribution in [3.05, 3.63) is 30.4 Å². The third-order valence-electron chi connectivity index (χ3n) is 4.12. The van der Waals surface area contributed by atoms with Gasteiger partial charge in [-0.05, 0) is 6.92 Å². The smallest absolute Gasteiger partial charge is 0.257 e. The first-order valence-electron chi connectivity index (χ1n) is 7.21. The Labute approximate surface area is 123 Å². The molecule has 1 atom stereocenters. The van der Waals surface area contributed by atoms with E-state index in [1.165, 1.54) is 0 Å². The highest BCUT2D eigenvalue weighted by Gasteiger charge is 2.25. The molecule has 0 bridgehead atoms. The van der Waals surface area contributed by atoms with Gasteiger partial charge in [-0.1, -0.05) is 0 Å². The Morgan fingerprint density at radius 1 is 1.33 bits per heavy atom. The molecule has 0 aliphatic carbocycles. The zero-order chi connectivity index (χ0) is 14.8. The summed E-state index contributed by atoms with van der Waals surface area (Å²) in [7, 11) is 0. The molecule has 2 N–H and O–H groups in total. The maximum absolute atomic E-state index is 12.6. The number of carbonyl (C=O) groups is 1. The molecule has 7 nitrogen and oxygen atoms in total. The lowest BCUT2D eigenvalue weighted by atomic mass is 10.2. The van der Waals surface area contributed by atoms with Crippen LogP contribution in [-0.4, -0.2) is 69.1 Å².